The molecule has 3 rings (SSSR count). The van der Waals surface area contributed by atoms with Gasteiger partial charge in [0.2, 0.25) is 0 Å². The van der Waals surface area contributed by atoms with Crippen molar-refractivity contribution in [3.8, 4) is 0 Å². The predicted octanol–water partition coefficient (Wildman–Crippen LogP) is 3.58. The van der Waals surface area contributed by atoms with E-state index in [1.54, 1.807) is 0 Å². The average Bonchev–Trinajstić information content (AvgIpc) is 3.14. The summed E-state index contributed by atoms with van der Waals surface area (Å²) in [5.41, 5.74) is 1.21. The number of ketones is 1. The second kappa shape index (κ2) is 8.34. The summed E-state index contributed by atoms with van der Waals surface area (Å²) in [5, 5.41) is 9.89. The summed E-state index contributed by atoms with van der Waals surface area (Å²) in [6.07, 6.45) is 3.77. The molecule has 2 aliphatic carbocycles. The molecule has 0 unspecified atom stereocenters. The van der Waals surface area contributed by atoms with Crippen LogP contribution in [0.25, 0.3) is 0 Å². The summed E-state index contributed by atoms with van der Waals surface area (Å²) < 4.78 is 5.33. The normalized spacial score (nSPS) is 33.3. The number of hydrogen-bond donors (Lipinski definition) is 1. The summed E-state index contributed by atoms with van der Waals surface area (Å²) in [6.45, 7) is 3.96. The Morgan fingerprint density at radius 1 is 1.19 bits per heavy atom. The van der Waals surface area contributed by atoms with Crippen LogP contribution in [0.5, 0.6) is 0 Å². The molecular weight excluding hydrogens is 328 g/mol. The van der Waals surface area contributed by atoms with Gasteiger partial charge in [0.15, 0.2) is 0 Å². The summed E-state index contributed by atoms with van der Waals surface area (Å²) in [4.78, 5) is 24.6. The molecule has 6 atom stereocenters. The maximum Gasteiger partial charge on any atom is 0.302 e. The van der Waals surface area contributed by atoms with Crippen LogP contribution in [0.3, 0.4) is 0 Å². The average molecular weight is 358 g/mol. The first-order valence-electron chi connectivity index (χ1n) is 9.91. The van der Waals surface area contributed by atoms with Crippen molar-refractivity contribution in [2.75, 3.05) is 13.2 Å². The Bertz CT molecular complexity index is 626. The number of carbonyl (C=O) groups is 2. The number of fused-ring (bicyclic) bond motifs is 1. The van der Waals surface area contributed by atoms with Crippen molar-refractivity contribution >= 4 is 11.8 Å². The van der Waals surface area contributed by atoms with Gasteiger partial charge in [0, 0.05) is 25.4 Å². The van der Waals surface area contributed by atoms with Crippen LogP contribution in [0.1, 0.15) is 51.0 Å². The summed E-state index contributed by atoms with van der Waals surface area (Å²) >= 11 is 0. The van der Waals surface area contributed by atoms with E-state index < -0.39 is 0 Å². The molecule has 0 spiro atoms. The molecule has 2 fully saturated rings. The Morgan fingerprint density at radius 3 is 2.54 bits per heavy atom. The van der Waals surface area contributed by atoms with E-state index in [1.807, 2.05) is 18.2 Å². The molecule has 0 radical (unpaired) electrons. The number of esters is 1. The van der Waals surface area contributed by atoms with Crippen molar-refractivity contribution < 1.29 is 19.4 Å². The lowest BCUT2D eigenvalue weighted by Crippen LogP contribution is -2.24. The van der Waals surface area contributed by atoms with Gasteiger partial charge in [-0.25, -0.2) is 0 Å². The van der Waals surface area contributed by atoms with Gasteiger partial charge in [-0.1, -0.05) is 50.1 Å². The molecule has 0 heterocycles. The third-order valence-corrected chi connectivity index (χ3v) is 6.40. The lowest BCUT2D eigenvalue weighted by atomic mass is 9.76. The first-order chi connectivity index (χ1) is 12.6. The zero-order valence-corrected chi connectivity index (χ0v) is 15.8. The smallest absolute Gasteiger partial charge is 0.302 e. The van der Waals surface area contributed by atoms with Gasteiger partial charge in [-0.3, -0.25) is 9.59 Å². The topological polar surface area (TPSA) is 63.6 Å². The van der Waals surface area contributed by atoms with Crippen molar-refractivity contribution in [1.29, 1.82) is 0 Å². The number of ether oxygens (including phenoxy) is 1. The van der Waals surface area contributed by atoms with Crippen molar-refractivity contribution in [1.82, 2.24) is 0 Å². The third-order valence-electron chi connectivity index (χ3n) is 6.40. The van der Waals surface area contributed by atoms with E-state index in [9.17, 15) is 14.7 Å². The summed E-state index contributed by atoms with van der Waals surface area (Å²) in [7, 11) is 0. The van der Waals surface area contributed by atoms with Crippen LogP contribution < -0.4 is 0 Å². The SMILES string of the molecule is CCCC[C@@H]1C(=O)[C@@H]2[C@@H](CO)C[C@@H](COC(C)=O)[C@@H]2[C@H]1c1ccccc1. The Morgan fingerprint density at radius 2 is 1.92 bits per heavy atom. The number of hydrogen-bond acceptors (Lipinski definition) is 4. The number of Topliss-reactive ketones (excluding diaryl/α,β-unsaturated/α-hetero) is 1. The first kappa shape index (κ1) is 19.1. The van der Waals surface area contributed by atoms with Crippen molar-refractivity contribution in [2.45, 2.75) is 45.4 Å². The molecule has 0 amide bonds. The van der Waals surface area contributed by atoms with Crippen LogP contribution in [0.4, 0.5) is 0 Å². The molecular formula is C22H30O4. The van der Waals surface area contributed by atoms with Gasteiger partial charge in [0.05, 0.1) is 6.61 Å². The van der Waals surface area contributed by atoms with Gasteiger partial charge in [-0.15, -0.1) is 0 Å². The van der Waals surface area contributed by atoms with Gasteiger partial charge >= 0.3 is 5.97 Å². The zero-order valence-electron chi connectivity index (χ0n) is 15.8. The van der Waals surface area contributed by atoms with Crippen LogP contribution in [-0.4, -0.2) is 30.1 Å². The molecule has 4 nitrogen and oxygen atoms in total. The van der Waals surface area contributed by atoms with Gasteiger partial charge in [0.25, 0.3) is 0 Å². The van der Waals surface area contributed by atoms with Gasteiger partial charge in [-0.05, 0) is 42.1 Å². The summed E-state index contributed by atoms with van der Waals surface area (Å²) in [6, 6.07) is 10.3. The summed E-state index contributed by atoms with van der Waals surface area (Å²) in [5.74, 6) is 0.404. The molecule has 1 aromatic carbocycles. The third kappa shape index (κ3) is 3.57. The maximum atomic E-state index is 13.3. The molecule has 2 aliphatic rings. The quantitative estimate of drug-likeness (QED) is 0.757. The second-order valence-corrected chi connectivity index (χ2v) is 7.93. The Balaban J connectivity index is 1.95. The van der Waals surface area contributed by atoms with E-state index in [2.05, 4.69) is 19.1 Å². The van der Waals surface area contributed by atoms with E-state index in [-0.39, 0.29) is 48.1 Å². The molecule has 4 heteroatoms. The standard InChI is InChI=1S/C22H30O4/c1-3-4-10-18-19(15-8-6-5-7-9-15)20-17(13-26-14(2)24)11-16(12-23)21(20)22(18)25/h5-9,16-21,23H,3-4,10-13H2,1-2H3/t16-,17+,18+,19+,20-,21-/m1/s1. The lowest BCUT2D eigenvalue weighted by molar-refractivity contribution is -0.142. The largest absolute Gasteiger partial charge is 0.466 e. The predicted molar refractivity (Wildman–Crippen MR) is 99.5 cm³/mol. The van der Waals surface area contributed by atoms with Gasteiger partial charge in [0.1, 0.15) is 5.78 Å². The fourth-order valence-corrected chi connectivity index (χ4v) is 5.40. The number of unbranched alkanes of at least 4 members (excludes halogenated alkanes) is 1. The van der Waals surface area contributed by atoms with Crippen molar-refractivity contribution in [3.63, 3.8) is 0 Å². The number of aliphatic hydroxyl groups is 1. The van der Waals surface area contributed by atoms with Crippen LogP contribution in [0, 0.1) is 29.6 Å². The molecule has 1 aromatic rings. The van der Waals surface area contributed by atoms with E-state index >= 15 is 0 Å². The second-order valence-electron chi connectivity index (χ2n) is 7.93. The van der Waals surface area contributed by atoms with E-state index in [1.165, 1.54) is 12.5 Å². The minimum absolute atomic E-state index is 0.00843. The molecule has 26 heavy (non-hydrogen) atoms. The highest BCUT2D eigenvalue weighted by molar-refractivity contribution is 5.88. The first-order valence-corrected chi connectivity index (χ1v) is 9.91. The fraction of sp³-hybridized carbons (Fsp3) is 0.636. The fourth-order valence-electron chi connectivity index (χ4n) is 5.40. The molecule has 0 saturated heterocycles. The maximum absolute atomic E-state index is 13.3. The molecule has 0 aromatic heterocycles. The van der Waals surface area contributed by atoms with Crippen LogP contribution >= 0.6 is 0 Å². The number of carbonyl (C=O) groups excluding carboxylic acids is 2. The van der Waals surface area contributed by atoms with Crippen molar-refractivity contribution in [2.24, 2.45) is 29.6 Å². The highest BCUT2D eigenvalue weighted by Crippen LogP contribution is 2.58. The van der Waals surface area contributed by atoms with Gasteiger partial charge in [-0.2, -0.15) is 0 Å². The number of benzene rings is 1. The number of rotatable bonds is 7. The molecule has 0 aliphatic heterocycles. The lowest BCUT2D eigenvalue weighted by Gasteiger charge is -2.28. The van der Waals surface area contributed by atoms with E-state index in [0.29, 0.717) is 12.4 Å². The van der Waals surface area contributed by atoms with Crippen molar-refractivity contribution in [3.05, 3.63) is 35.9 Å². The minimum Gasteiger partial charge on any atom is -0.466 e. The zero-order chi connectivity index (χ0) is 18.7. The molecule has 0 bridgehead atoms. The monoisotopic (exact) mass is 358 g/mol. The van der Waals surface area contributed by atoms with Crippen LogP contribution in [0.15, 0.2) is 30.3 Å². The highest BCUT2D eigenvalue weighted by Gasteiger charge is 2.58. The number of aliphatic hydroxyl groups excluding tert-OH is 1. The van der Waals surface area contributed by atoms with Crippen LogP contribution in [-0.2, 0) is 14.3 Å². The van der Waals surface area contributed by atoms with Gasteiger partial charge < -0.3 is 9.84 Å². The van der Waals surface area contributed by atoms with Crippen LogP contribution in [0.2, 0.25) is 0 Å². The van der Waals surface area contributed by atoms with E-state index in [0.717, 1.165) is 25.7 Å². The van der Waals surface area contributed by atoms with E-state index in [4.69, 9.17) is 4.74 Å². The molecule has 2 saturated carbocycles. The highest BCUT2D eigenvalue weighted by atomic mass is 16.5. The molecule has 1 N–H and O–H groups in total. The Hall–Kier alpha value is -1.68. The Kier molecular flexibility index (Phi) is 6.13. The Labute approximate surface area is 155 Å². The minimum atomic E-state index is -0.280. The molecule has 142 valence electrons.